The van der Waals surface area contributed by atoms with Gasteiger partial charge >= 0.3 is 0 Å². The summed E-state index contributed by atoms with van der Waals surface area (Å²) >= 11 is 0. The first-order valence-electron chi connectivity index (χ1n) is 7.65. The van der Waals surface area contributed by atoms with Crippen molar-refractivity contribution in [1.82, 2.24) is 14.8 Å². The van der Waals surface area contributed by atoms with E-state index >= 15 is 0 Å². The minimum absolute atomic E-state index is 0.172. The number of benzene rings is 1. The highest BCUT2D eigenvalue weighted by atomic mass is 16.2. The maximum absolute atomic E-state index is 11.8. The Hall–Kier alpha value is -1.81. The largest absolute Gasteiger partial charge is 0.349 e. The third-order valence-electron chi connectivity index (χ3n) is 4.10. The zero-order chi connectivity index (χ0) is 14.8. The monoisotopic (exact) mass is 285 g/mol. The Balaban J connectivity index is 1.79. The molecule has 21 heavy (non-hydrogen) atoms. The molecule has 1 N–H and O–H groups in total. The topological polar surface area (TPSA) is 37.3 Å². The van der Waals surface area contributed by atoms with Gasteiger partial charge in [0.1, 0.15) is 0 Å². The van der Waals surface area contributed by atoms with Gasteiger partial charge in [-0.15, -0.1) is 0 Å². The average Bonchev–Trinajstić information content (AvgIpc) is 3.21. The van der Waals surface area contributed by atoms with Crippen molar-refractivity contribution >= 4 is 16.8 Å². The number of rotatable bonds is 6. The Morgan fingerprint density at radius 1 is 1.33 bits per heavy atom. The number of nitrogens with one attached hydrogen (secondary N) is 1. The third-order valence-corrected chi connectivity index (χ3v) is 4.10. The van der Waals surface area contributed by atoms with Crippen molar-refractivity contribution in [3.05, 3.63) is 36.0 Å². The van der Waals surface area contributed by atoms with E-state index in [1.807, 2.05) is 0 Å². The van der Waals surface area contributed by atoms with Crippen LogP contribution in [0.1, 0.15) is 24.8 Å². The highest BCUT2D eigenvalue weighted by Gasteiger charge is 2.20. The molecule has 2 aromatic rings. The standard InChI is InChI=1S/C17H23N3O/c1-19(2)16(21)9-11-20-10-8-13-4-3-5-14(17(13)20)12-18-15-6-7-15/h3-5,8,10,15,18H,6-7,9,11-12H2,1-2H3. The lowest BCUT2D eigenvalue weighted by molar-refractivity contribution is -0.128. The van der Waals surface area contributed by atoms with Gasteiger partial charge in [-0.2, -0.15) is 0 Å². The fourth-order valence-corrected chi connectivity index (χ4v) is 2.65. The van der Waals surface area contributed by atoms with Crippen LogP contribution in [0.15, 0.2) is 30.5 Å². The lowest BCUT2D eigenvalue weighted by atomic mass is 10.1. The fraction of sp³-hybridized carbons (Fsp3) is 0.471. The Kier molecular flexibility index (Phi) is 3.97. The number of nitrogens with zero attached hydrogens (tertiary/aromatic N) is 2. The van der Waals surface area contributed by atoms with Crippen LogP contribution in [0.4, 0.5) is 0 Å². The first kappa shape index (κ1) is 14.1. The number of hydrogen-bond donors (Lipinski definition) is 1. The van der Waals surface area contributed by atoms with Gasteiger partial charge in [-0.1, -0.05) is 18.2 Å². The van der Waals surface area contributed by atoms with E-state index in [-0.39, 0.29) is 5.91 Å². The summed E-state index contributed by atoms with van der Waals surface area (Å²) in [6, 6.07) is 9.28. The Morgan fingerprint density at radius 2 is 2.14 bits per heavy atom. The van der Waals surface area contributed by atoms with Crippen LogP contribution in [0.3, 0.4) is 0 Å². The van der Waals surface area contributed by atoms with E-state index in [4.69, 9.17) is 0 Å². The zero-order valence-electron chi connectivity index (χ0n) is 12.8. The molecule has 3 rings (SSSR count). The molecule has 1 fully saturated rings. The second-order valence-corrected chi connectivity index (χ2v) is 6.06. The van der Waals surface area contributed by atoms with Crippen LogP contribution in [-0.4, -0.2) is 35.5 Å². The molecule has 1 aliphatic carbocycles. The van der Waals surface area contributed by atoms with Crippen molar-refractivity contribution in [1.29, 1.82) is 0 Å². The minimum atomic E-state index is 0.172. The van der Waals surface area contributed by atoms with Crippen LogP contribution in [0.25, 0.3) is 10.9 Å². The first-order valence-corrected chi connectivity index (χ1v) is 7.65. The van der Waals surface area contributed by atoms with Crippen LogP contribution in [0, 0.1) is 0 Å². The number of fused-ring (bicyclic) bond motifs is 1. The Morgan fingerprint density at radius 3 is 2.86 bits per heavy atom. The first-order chi connectivity index (χ1) is 10.1. The second kappa shape index (κ2) is 5.90. The molecular weight excluding hydrogens is 262 g/mol. The number of aromatic nitrogens is 1. The van der Waals surface area contributed by atoms with E-state index in [1.165, 1.54) is 29.3 Å². The molecule has 0 atom stereocenters. The molecule has 0 unspecified atom stereocenters. The molecule has 1 aliphatic rings. The lowest BCUT2D eigenvalue weighted by Crippen LogP contribution is -2.23. The Bertz CT molecular complexity index is 641. The molecule has 0 bridgehead atoms. The van der Waals surface area contributed by atoms with Gasteiger partial charge in [-0.25, -0.2) is 0 Å². The number of para-hydroxylation sites is 1. The summed E-state index contributed by atoms with van der Waals surface area (Å²) in [5.41, 5.74) is 2.58. The molecule has 1 heterocycles. The maximum atomic E-state index is 11.8. The molecule has 0 aliphatic heterocycles. The summed E-state index contributed by atoms with van der Waals surface area (Å²) in [5.74, 6) is 0.172. The summed E-state index contributed by atoms with van der Waals surface area (Å²) in [7, 11) is 3.61. The van der Waals surface area contributed by atoms with Crippen LogP contribution < -0.4 is 5.32 Å². The lowest BCUT2D eigenvalue weighted by Gasteiger charge is -2.13. The molecular formula is C17H23N3O. The van der Waals surface area contributed by atoms with E-state index in [0.717, 1.165) is 13.1 Å². The molecule has 0 spiro atoms. The van der Waals surface area contributed by atoms with Gasteiger partial charge in [-0.3, -0.25) is 4.79 Å². The van der Waals surface area contributed by atoms with Gasteiger partial charge in [-0.05, 0) is 29.9 Å². The van der Waals surface area contributed by atoms with Crippen LogP contribution >= 0.6 is 0 Å². The van der Waals surface area contributed by atoms with Gasteiger partial charge in [0.25, 0.3) is 0 Å². The van der Waals surface area contributed by atoms with E-state index in [9.17, 15) is 4.79 Å². The second-order valence-electron chi connectivity index (χ2n) is 6.06. The highest BCUT2D eigenvalue weighted by Crippen LogP contribution is 2.23. The predicted octanol–water partition coefficient (Wildman–Crippen LogP) is 2.37. The summed E-state index contributed by atoms with van der Waals surface area (Å²) in [6.45, 7) is 1.65. The molecule has 1 saturated carbocycles. The normalized spacial score (nSPS) is 14.6. The van der Waals surface area contributed by atoms with E-state index in [0.29, 0.717) is 12.5 Å². The number of hydrogen-bond acceptors (Lipinski definition) is 2. The van der Waals surface area contributed by atoms with Crippen molar-refractivity contribution in [2.45, 2.75) is 38.4 Å². The van der Waals surface area contributed by atoms with E-state index in [1.54, 1.807) is 19.0 Å². The van der Waals surface area contributed by atoms with Crippen molar-refractivity contribution in [2.24, 2.45) is 0 Å². The average molecular weight is 285 g/mol. The van der Waals surface area contributed by atoms with Crippen molar-refractivity contribution in [3.63, 3.8) is 0 Å². The number of amides is 1. The molecule has 4 heteroatoms. The fourth-order valence-electron chi connectivity index (χ4n) is 2.65. The van der Waals surface area contributed by atoms with Gasteiger partial charge in [0, 0.05) is 45.8 Å². The molecule has 4 nitrogen and oxygen atoms in total. The highest BCUT2D eigenvalue weighted by molar-refractivity contribution is 5.83. The van der Waals surface area contributed by atoms with E-state index in [2.05, 4.69) is 40.3 Å². The Labute approximate surface area is 125 Å². The summed E-state index contributed by atoms with van der Waals surface area (Å²) in [6.07, 6.45) is 5.23. The quantitative estimate of drug-likeness (QED) is 0.885. The number of carbonyl (C=O) groups excluding carboxylic acids is 1. The van der Waals surface area contributed by atoms with Crippen LogP contribution in [0.2, 0.25) is 0 Å². The maximum Gasteiger partial charge on any atom is 0.223 e. The zero-order valence-corrected chi connectivity index (χ0v) is 12.8. The molecule has 1 amide bonds. The summed E-state index contributed by atoms with van der Waals surface area (Å²) in [4.78, 5) is 13.4. The molecule has 0 saturated heterocycles. The molecule has 112 valence electrons. The van der Waals surface area contributed by atoms with Crippen LogP contribution in [-0.2, 0) is 17.9 Å². The van der Waals surface area contributed by atoms with Gasteiger partial charge in [0.15, 0.2) is 0 Å². The summed E-state index contributed by atoms with van der Waals surface area (Å²) in [5, 5.41) is 4.83. The van der Waals surface area contributed by atoms with Gasteiger partial charge in [0.05, 0.1) is 5.52 Å². The molecule has 1 aromatic carbocycles. The smallest absolute Gasteiger partial charge is 0.223 e. The van der Waals surface area contributed by atoms with Gasteiger partial charge < -0.3 is 14.8 Å². The SMILES string of the molecule is CN(C)C(=O)CCn1ccc2cccc(CNC3CC3)c21. The number of aryl methyl sites for hydroxylation is 1. The van der Waals surface area contributed by atoms with Crippen molar-refractivity contribution < 1.29 is 4.79 Å². The van der Waals surface area contributed by atoms with Crippen molar-refractivity contribution in [2.75, 3.05) is 14.1 Å². The summed E-state index contributed by atoms with van der Waals surface area (Å²) < 4.78 is 2.21. The van der Waals surface area contributed by atoms with Gasteiger partial charge in [0.2, 0.25) is 5.91 Å². The van der Waals surface area contributed by atoms with E-state index < -0.39 is 0 Å². The van der Waals surface area contributed by atoms with Crippen LogP contribution in [0.5, 0.6) is 0 Å². The third kappa shape index (κ3) is 3.27. The minimum Gasteiger partial charge on any atom is -0.349 e. The number of carbonyl (C=O) groups is 1. The molecule has 0 radical (unpaired) electrons. The predicted molar refractivity (Wildman–Crippen MR) is 85.1 cm³/mol. The molecule has 1 aromatic heterocycles. The van der Waals surface area contributed by atoms with Crippen molar-refractivity contribution in [3.8, 4) is 0 Å².